The first kappa shape index (κ1) is 20.1. The number of hydrogen-bond donors (Lipinski definition) is 1. The summed E-state index contributed by atoms with van der Waals surface area (Å²) in [4.78, 5) is 29.5. The average Bonchev–Trinajstić information content (AvgIpc) is 3.38. The van der Waals surface area contributed by atoms with E-state index in [0.29, 0.717) is 23.6 Å². The number of aromatic amines is 1. The Hall–Kier alpha value is -3.16. The number of nitrogens with one attached hydrogen (secondary N) is 1. The number of halogens is 1. The number of thiophene rings is 1. The lowest BCUT2D eigenvalue weighted by Crippen LogP contribution is -2.32. The van der Waals surface area contributed by atoms with Gasteiger partial charge in [0.25, 0.3) is 5.91 Å². The summed E-state index contributed by atoms with van der Waals surface area (Å²) in [5.74, 6) is -0.198. The largest absolute Gasteiger partial charge is 0.361 e. The quantitative estimate of drug-likeness (QED) is 0.297. The van der Waals surface area contributed by atoms with Crippen LogP contribution in [0.25, 0.3) is 10.9 Å². The molecule has 0 unspecified atom stereocenters. The zero-order valence-electron chi connectivity index (χ0n) is 15.9. The normalized spacial score (nSPS) is 11.0. The van der Waals surface area contributed by atoms with Crippen LogP contribution in [0.3, 0.4) is 0 Å². The molecule has 0 fully saturated rings. The third-order valence-corrected chi connectivity index (χ3v) is 6.24. The molecule has 0 bridgehead atoms. The molecule has 4 rings (SSSR count). The smallest absolute Gasteiger partial charge is 0.324 e. The highest BCUT2D eigenvalue weighted by Crippen LogP contribution is 2.27. The number of aromatic nitrogens is 1. The topological polar surface area (TPSA) is 79.2 Å². The van der Waals surface area contributed by atoms with Gasteiger partial charge in [0, 0.05) is 34.6 Å². The molecule has 152 valence electrons. The molecule has 0 radical (unpaired) electrons. The van der Waals surface area contributed by atoms with Crippen LogP contribution in [-0.4, -0.2) is 27.3 Å². The van der Waals surface area contributed by atoms with Crippen molar-refractivity contribution in [3.8, 4) is 0 Å². The number of rotatable bonds is 7. The second-order valence-corrected chi connectivity index (χ2v) is 8.37. The average molecular weight is 440 g/mol. The Morgan fingerprint density at radius 2 is 1.87 bits per heavy atom. The summed E-state index contributed by atoms with van der Waals surface area (Å²) in [7, 11) is 0. The van der Waals surface area contributed by atoms with E-state index in [4.69, 9.17) is 11.6 Å². The lowest BCUT2D eigenvalue weighted by Gasteiger charge is -2.22. The predicted molar refractivity (Wildman–Crippen MR) is 119 cm³/mol. The molecule has 1 amide bonds. The number of H-pyrrole nitrogens is 1. The summed E-state index contributed by atoms with van der Waals surface area (Å²) < 4.78 is 0. The number of nitrogens with zero attached hydrogens (tertiary/aromatic N) is 2. The molecule has 8 heteroatoms. The molecule has 0 aliphatic rings. The van der Waals surface area contributed by atoms with Crippen molar-refractivity contribution in [2.24, 2.45) is 0 Å². The number of carbonyl (C=O) groups is 1. The lowest BCUT2D eigenvalue weighted by atomic mass is 10.1. The molecule has 0 saturated carbocycles. The van der Waals surface area contributed by atoms with E-state index < -0.39 is 4.92 Å². The van der Waals surface area contributed by atoms with Crippen molar-refractivity contribution in [2.45, 2.75) is 13.0 Å². The summed E-state index contributed by atoms with van der Waals surface area (Å²) in [6.45, 7) is 0.739. The maximum absolute atomic E-state index is 13.2. The zero-order chi connectivity index (χ0) is 21.1. The first-order valence-corrected chi connectivity index (χ1v) is 10.5. The molecular formula is C22H18ClN3O3S. The van der Waals surface area contributed by atoms with Crippen molar-refractivity contribution >= 4 is 44.7 Å². The van der Waals surface area contributed by atoms with Gasteiger partial charge in [-0.1, -0.05) is 53.3 Å². The summed E-state index contributed by atoms with van der Waals surface area (Å²) in [6.07, 6.45) is 2.60. The van der Waals surface area contributed by atoms with Gasteiger partial charge in [0.2, 0.25) is 0 Å². The molecule has 2 aromatic heterocycles. The molecule has 4 aromatic rings. The minimum atomic E-state index is -0.416. The molecular weight excluding hydrogens is 422 g/mol. The van der Waals surface area contributed by atoms with Gasteiger partial charge in [-0.05, 0) is 36.2 Å². The Kier molecular flexibility index (Phi) is 5.83. The van der Waals surface area contributed by atoms with Gasteiger partial charge in [0.15, 0.2) is 0 Å². The van der Waals surface area contributed by atoms with Crippen LogP contribution in [0.1, 0.15) is 20.8 Å². The minimum absolute atomic E-state index is 0.0618. The van der Waals surface area contributed by atoms with Gasteiger partial charge in [-0.3, -0.25) is 14.9 Å². The Morgan fingerprint density at radius 1 is 1.10 bits per heavy atom. The Labute approximate surface area is 181 Å². The molecule has 0 atom stereocenters. The fourth-order valence-corrected chi connectivity index (χ4v) is 4.44. The molecule has 2 aromatic carbocycles. The summed E-state index contributed by atoms with van der Waals surface area (Å²) >= 11 is 7.33. The second kappa shape index (κ2) is 8.69. The predicted octanol–water partition coefficient (Wildman–Crippen LogP) is 5.68. The number of carbonyl (C=O) groups excluding carboxylic acids is 1. The Morgan fingerprint density at radius 3 is 2.63 bits per heavy atom. The molecule has 6 nitrogen and oxygen atoms in total. The second-order valence-electron chi connectivity index (χ2n) is 6.81. The molecule has 0 aliphatic carbocycles. The van der Waals surface area contributed by atoms with E-state index in [-0.39, 0.29) is 17.5 Å². The van der Waals surface area contributed by atoms with E-state index in [9.17, 15) is 14.9 Å². The van der Waals surface area contributed by atoms with Gasteiger partial charge in [-0.25, -0.2) is 0 Å². The number of hydrogen-bond acceptors (Lipinski definition) is 4. The number of fused-ring (bicyclic) bond motifs is 1. The maximum Gasteiger partial charge on any atom is 0.324 e. The molecule has 0 saturated heterocycles. The molecule has 2 heterocycles. The summed E-state index contributed by atoms with van der Waals surface area (Å²) in [5.41, 5.74) is 2.58. The van der Waals surface area contributed by atoms with Crippen molar-refractivity contribution in [3.05, 3.63) is 98.0 Å². The molecule has 0 spiro atoms. The van der Waals surface area contributed by atoms with Crippen molar-refractivity contribution in [3.63, 3.8) is 0 Å². The molecule has 1 N–H and O–H groups in total. The Balaban J connectivity index is 1.59. The fraction of sp³-hybridized carbons (Fsp3) is 0.136. The van der Waals surface area contributed by atoms with Crippen LogP contribution in [0.4, 0.5) is 5.00 Å². The number of para-hydroxylation sites is 1. The first-order chi connectivity index (χ1) is 14.5. The van der Waals surface area contributed by atoms with Gasteiger partial charge >= 0.3 is 5.00 Å². The van der Waals surface area contributed by atoms with Crippen LogP contribution < -0.4 is 0 Å². The van der Waals surface area contributed by atoms with E-state index in [2.05, 4.69) is 4.98 Å². The van der Waals surface area contributed by atoms with Crippen molar-refractivity contribution < 1.29 is 9.72 Å². The van der Waals surface area contributed by atoms with Crippen LogP contribution >= 0.6 is 22.9 Å². The molecule has 30 heavy (non-hydrogen) atoms. The van der Waals surface area contributed by atoms with Crippen LogP contribution in [0, 0.1) is 10.1 Å². The number of benzene rings is 2. The van der Waals surface area contributed by atoms with E-state index in [1.165, 1.54) is 6.07 Å². The monoisotopic (exact) mass is 439 g/mol. The minimum Gasteiger partial charge on any atom is -0.361 e. The van der Waals surface area contributed by atoms with Gasteiger partial charge in [0.05, 0.1) is 22.1 Å². The van der Waals surface area contributed by atoms with E-state index in [0.717, 1.165) is 32.7 Å². The van der Waals surface area contributed by atoms with Crippen LogP contribution in [0.2, 0.25) is 5.02 Å². The van der Waals surface area contributed by atoms with Crippen LogP contribution in [0.15, 0.2) is 66.9 Å². The number of amides is 1. The van der Waals surface area contributed by atoms with Gasteiger partial charge in [-0.15, -0.1) is 0 Å². The van der Waals surface area contributed by atoms with E-state index in [1.54, 1.807) is 35.2 Å². The van der Waals surface area contributed by atoms with Crippen molar-refractivity contribution in [2.75, 3.05) is 6.54 Å². The highest BCUT2D eigenvalue weighted by Gasteiger charge is 2.21. The summed E-state index contributed by atoms with van der Waals surface area (Å²) in [5, 5.41) is 12.6. The Bertz CT molecular complexity index is 1220. The van der Waals surface area contributed by atoms with Gasteiger partial charge in [-0.2, -0.15) is 0 Å². The van der Waals surface area contributed by atoms with Gasteiger partial charge in [0.1, 0.15) is 0 Å². The zero-order valence-corrected chi connectivity index (χ0v) is 17.4. The van der Waals surface area contributed by atoms with Crippen molar-refractivity contribution in [1.29, 1.82) is 0 Å². The highest BCUT2D eigenvalue weighted by atomic mass is 35.5. The number of nitro groups is 1. The van der Waals surface area contributed by atoms with E-state index in [1.807, 2.05) is 30.5 Å². The van der Waals surface area contributed by atoms with Crippen molar-refractivity contribution in [1.82, 2.24) is 9.88 Å². The SMILES string of the molecule is O=C(c1ccccc1Cl)N(CCc1c[nH]c2ccccc12)Cc1ccc([N+](=O)[O-])s1. The molecule has 0 aliphatic heterocycles. The summed E-state index contributed by atoms with van der Waals surface area (Å²) in [6, 6.07) is 18.1. The van der Waals surface area contributed by atoms with Gasteiger partial charge < -0.3 is 9.88 Å². The maximum atomic E-state index is 13.2. The third-order valence-electron chi connectivity index (χ3n) is 4.89. The third kappa shape index (κ3) is 4.22. The first-order valence-electron chi connectivity index (χ1n) is 9.35. The fourth-order valence-electron chi connectivity index (χ4n) is 3.39. The highest BCUT2D eigenvalue weighted by molar-refractivity contribution is 7.15. The van der Waals surface area contributed by atoms with E-state index >= 15 is 0 Å². The lowest BCUT2D eigenvalue weighted by molar-refractivity contribution is -0.380. The van der Waals surface area contributed by atoms with Crippen LogP contribution in [0.5, 0.6) is 0 Å². The standard InChI is InChI=1S/C22H18ClN3O3S/c23-19-7-3-1-6-18(19)22(27)25(14-16-9-10-21(30-16)26(28)29)12-11-15-13-24-20-8-4-2-5-17(15)20/h1-10,13,24H,11-12,14H2. The van der Waals surface area contributed by atoms with Crippen LogP contribution in [-0.2, 0) is 13.0 Å².